The lowest BCUT2D eigenvalue weighted by molar-refractivity contribution is -0.148. The van der Waals surface area contributed by atoms with Gasteiger partial charge in [-0.15, -0.1) is 11.8 Å². The summed E-state index contributed by atoms with van der Waals surface area (Å²) in [6.07, 6.45) is -0.704. The van der Waals surface area contributed by atoms with Crippen LogP contribution in [0.25, 0.3) is 0 Å². The van der Waals surface area contributed by atoms with Crippen LogP contribution in [0.5, 0.6) is 0 Å². The van der Waals surface area contributed by atoms with Crippen molar-refractivity contribution >= 4 is 23.7 Å². The summed E-state index contributed by atoms with van der Waals surface area (Å²) in [7, 11) is 0. The first-order valence-electron chi connectivity index (χ1n) is 8.35. The zero-order valence-corrected chi connectivity index (χ0v) is 15.7. The second kappa shape index (κ2) is 14.3. The summed E-state index contributed by atoms with van der Waals surface area (Å²) in [6.45, 7) is 6.79. The SMILES string of the molecule is CC1COCCOCCOCCOCC(C)OC(=O)CSCC(=O)O1. The van der Waals surface area contributed by atoms with E-state index in [1.165, 1.54) is 0 Å². The quantitative estimate of drug-likeness (QED) is 0.562. The Kier molecular flexibility index (Phi) is 12.7. The van der Waals surface area contributed by atoms with Crippen LogP contribution in [0, 0.1) is 0 Å². The van der Waals surface area contributed by atoms with E-state index in [1.807, 2.05) is 0 Å². The number of ether oxygens (including phenoxy) is 6. The maximum atomic E-state index is 11.7. The van der Waals surface area contributed by atoms with E-state index in [9.17, 15) is 9.59 Å². The topological polar surface area (TPSA) is 89.5 Å². The molecule has 0 N–H and O–H groups in total. The van der Waals surface area contributed by atoms with Gasteiger partial charge in [-0.3, -0.25) is 9.59 Å². The standard InChI is InChI=1S/C16H28O8S/c1-13-9-21-7-5-19-3-4-20-6-8-22-10-14(2)24-16(18)12-25-11-15(17)23-13/h13-14H,3-12H2,1-2H3. The first-order valence-corrected chi connectivity index (χ1v) is 9.51. The van der Waals surface area contributed by atoms with Gasteiger partial charge in [0.2, 0.25) is 0 Å². The minimum absolute atomic E-state index is 0.0881. The van der Waals surface area contributed by atoms with Crippen molar-refractivity contribution in [2.75, 3.05) is 64.4 Å². The molecule has 0 amide bonds. The first-order chi connectivity index (χ1) is 12.1. The van der Waals surface area contributed by atoms with Gasteiger partial charge in [0, 0.05) is 0 Å². The van der Waals surface area contributed by atoms with Gasteiger partial charge in [0.1, 0.15) is 12.2 Å². The van der Waals surface area contributed by atoms with Crippen molar-refractivity contribution in [3.8, 4) is 0 Å². The molecule has 2 unspecified atom stereocenters. The van der Waals surface area contributed by atoms with Crippen LogP contribution in [0.4, 0.5) is 0 Å². The Labute approximate surface area is 152 Å². The van der Waals surface area contributed by atoms with Crippen LogP contribution in [-0.4, -0.2) is 88.5 Å². The highest BCUT2D eigenvalue weighted by molar-refractivity contribution is 8.00. The minimum atomic E-state index is -0.385. The fourth-order valence-electron chi connectivity index (χ4n) is 1.86. The maximum Gasteiger partial charge on any atom is 0.316 e. The second-order valence-electron chi connectivity index (χ2n) is 5.47. The van der Waals surface area contributed by atoms with Gasteiger partial charge in [0.15, 0.2) is 0 Å². The van der Waals surface area contributed by atoms with E-state index in [0.29, 0.717) is 52.9 Å². The number of carbonyl (C=O) groups is 2. The fourth-order valence-corrected chi connectivity index (χ4v) is 2.43. The molecule has 146 valence electrons. The molecule has 0 radical (unpaired) electrons. The third kappa shape index (κ3) is 13.1. The molecule has 25 heavy (non-hydrogen) atoms. The van der Waals surface area contributed by atoms with Gasteiger partial charge in [-0.25, -0.2) is 0 Å². The number of esters is 2. The summed E-state index contributed by atoms with van der Waals surface area (Å²) in [5, 5.41) is 0. The molecule has 1 fully saturated rings. The summed E-state index contributed by atoms with van der Waals surface area (Å²) in [5.74, 6) is -0.593. The molecular formula is C16H28O8S. The molecule has 1 heterocycles. The number of carbonyl (C=O) groups excluding carboxylic acids is 2. The van der Waals surface area contributed by atoms with Crippen LogP contribution in [0.2, 0.25) is 0 Å². The van der Waals surface area contributed by atoms with Crippen molar-refractivity contribution in [2.24, 2.45) is 0 Å². The molecule has 2 atom stereocenters. The van der Waals surface area contributed by atoms with Gasteiger partial charge < -0.3 is 28.4 Å². The average Bonchev–Trinajstić information content (AvgIpc) is 2.54. The average molecular weight is 380 g/mol. The lowest BCUT2D eigenvalue weighted by atomic mass is 10.4. The summed E-state index contributed by atoms with van der Waals surface area (Å²) in [4.78, 5) is 23.3. The highest BCUT2D eigenvalue weighted by Gasteiger charge is 2.13. The minimum Gasteiger partial charge on any atom is -0.460 e. The van der Waals surface area contributed by atoms with Crippen molar-refractivity contribution in [1.82, 2.24) is 0 Å². The van der Waals surface area contributed by atoms with Crippen molar-refractivity contribution in [3.05, 3.63) is 0 Å². The molecule has 0 bridgehead atoms. The molecule has 0 aromatic rings. The third-order valence-electron chi connectivity index (χ3n) is 2.93. The van der Waals surface area contributed by atoms with Gasteiger partial charge in [-0.1, -0.05) is 0 Å². The number of thioether (sulfide) groups is 1. The summed E-state index contributed by atoms with van der Waals surface area (Å²) < 4.78 is 31.8. The van der Waals surface area contributed by atoms with E-state index in [0.717, 1.165) is 11.8 Å². The Morgan fingerprint density at radius 2 is 1.04 bits per heavy atom. The molecule has 1 saturated heterocycles. The molecule has 0 aromatic carbocycles. The van der Waals surface area contributed by atoms with Crippen molar-refractivity contribution < 1.29 is 38.0 Å². The van der Waals surface area contributed by atoms with Crippen LogP contribution in [-0.2, 0) is 38.0 Å². The molecule has 0 spiro atoms. The summed E-state index contributed by atoms with van der Waals surface area (Å²) in [5.41, 5.74) is 0. The van der Waals surface area contributed by atoms with Crippen LogP contribution in [0.3, 0.4) is 0 Å². The van der Waals surface area contributed by atoms with E-state index in [-0.39, 0.29) is 35.7 Å². The molecule has 0 aromatic heterocycles. The summed E-state index contributed by atoms with van der Waals surface area (Å²) in [6, 6.07) is 0. The second-order valence-corrected chi connectivity index (χ2v) is 6.45. The maximum absolute atomic E-state index is 11.7. The first kappa shape index (κ1) is 22.2. The molecule has 1 aliphatic rings. The predicted octanol–water partition coefficient (Wildman–Crippen LogP) is 0.663. The van der Waals surface area contributed by atoms with Gasteiger partial charge in [-0.2, -0.15) is 0 Å². The van der Waals surface area contributed by atoms with Gasteiger partial charge >= 0.3 is 11.9 Å². The lowest BCUT2D eigenvalue weighted by Crippen LogP contribution is -2.24. The van der Waals surface area contributed by atoms with Crippen molar-refractivity contribution in [1.29, 1.82) is 0 Å². The molecule has 0 aliphatic carbocycles. The Morgan fingerprint density at radius 1 is 0.680 bits per heavy atom. The van der Waals surface area contributed by atoms with Crippen molar-refractivity contribution in [2.45, 2.75) is 26.1 Å². The summed E-state index contributed by atoms with van der Waals surface area (Å²) >= 11 is 1.15. The zero-order valence-electron chi connectivity index (χ0n) is 14.9. The molecule has 9 heteroatoms. The highest BCUT2D eigenvalue weighted by Crippen LogP contribution is 2.05. The Morgan fingerprint density at radius 3 is 1.44 bits per heavy atom. The largest absolute Gasteiger partial charge is 0.460 e. The smallest absolute Gasteiger partial charge is 0.316 e. The van der Waals surface area contributed by atoms with Gasteiger partial charge in [-0.05, 0) is 13.8 Å². The van der Waals surface area contributed by atoms with E-state index in [2.05, 4.69) is 0 Å². The number of cyclic esters (lactones) is 2. The molecular weight excluding hydrogens is 352 g/mol. The third-order valence-corrected chi connectivity index (χ3v) is 3.81. The van der Waals surface area contributed by atoms with Gasteiger partial charge in [0.25, 0.3) is 0 Å². The van der Waals surface area contributed by atoms with Crippen LogP contribution in [0.15, 0.2) is 0 Å². The Hall–Kier alpha value is -0.870. The number of hydrogen-bond donors (Lipinski definition) is 0. The lowest BCUT2D eigenvalue weighted by Gasteiger charge is -2.14. The monoisotopic (exact) mass is 380 g/mol. The van der Waals surface area contributed by atoms with Gasteiger partial charge in [0.05, 0.1) is 64.4 Å². The normalized spacial score (nSPS) is 27.6. The van der Waals surface area contributed by atoms with E-state index in [4.69, 9.17) is 28.4 Å². The van der Waals surface area contributed by atoms with Crippen LogP contribution < -0.4 is 0 Å². The number of hydrogen-bond acceptors (Lipinski definition) is 9. The molecule has 0 saturated carbocycles. The number of rotatable bonds is 0. The van der Waals surface area contributed by atoms with E-state index >= 15 is 0 Å². The van der Waals surface area contributed by atoms with Crippen LogP contribution >= 0.6 is 11.8 Å². The highest BCUT2D eigenvalue weighted by atomic mass is 32.2. The van der Waals surface area contributed by atoms with E-state index in [1.54, 1.807) is 13.8 Å². The molecule has 1 rings (SSSR count). The Balaban J connectivity index is 2.34. The predicted molar refractivity (Wildman–Crippen MR) is 91.7 cm³/mol. The fraction of sp³-hybridized carbons (Fsp3) is 0.875. The van der Waals surface area contributed by atoms with E-state index < -0.39 is 0 Å². The zero-order chi connectivity index (χ0) is 18.3. The van der Waals surface area contributed by atoms with Crippen LogP contribution in [0.1, 0.15) is 13.8 Å². The Bertz CT molecular complexity index is 345. The molecule has 1 aliphatic heterocycles. The molecule has 8 nitrogen and oxygen atoms in total. The van der Waals surface area contributed by atoms with Crippen molar-refractivity contribution in [3.63, 3.8) is 0 Å².